The molecule has 0 fully saturated rings. The Labute approximate surface area is 185 Å². The molecule has 1 aromatic carbocycles. The van der Waals surface area contributed by atoms with Crippen molar-refractivity contribution in [3.05, 3.63) is 53.0 Å². The van der Waals surface area contributed by atoms with Crippen molar-refractivity contribution in [2.45, 2.75) is 45.8 Å². The van der Waals surface area contributed by atoms with Crippen molar-refractivity contribution >= 4 is 17.8 Å². The van der Waals surface area contributed by atoms with Crippen LogP contribution in [0.1, 0.15) is 59.9 Å². The molecule has 1 amide bonds. The molecule has 2 aromatic rings. The number of nitrogens with one attached hydrogen (secondary N) is 1. The molecule has 0 aliphatic carbocycles. The number of aromatic nitrogens is 2. The van der Waals surface area contributed by atoms with E-state index in [2.05, 4.69) is 20.0 Å². The van der Waals surface area contributed by atoms with Gasteiger partial charge in [0.25, 0.3) is 5.91 Å². The molecule has 0 aliphatic rings. The molecule has 0 saturated heterocycles. The van der Waals surface area contributed by atoms with E-state index in [1.165, 1.54) is 0 Å². The van der Waals surface area contributed by atoms with Crippen LogP contribution < -0.4 is 10.1 Å². The van der Waals surface area contributed by atoms with Crippen LogP contribution in [0.15, 0.2) is 30.3 Å². The molecule has 1 aromatic heterocycles. The first-order valence-corrected chi connectivity index (χ1v) is 10.00. The van der Waals surface area contributed by atoms with Crippen molar-refractivity contribution < 1.29 is 34.1 Å². The van der Waals surface area contributed by atoms with Gasteiger partial charge < -0.3 is 25.0 Å². The number of amides is 1. The number of rotatable bonds is 9. The van der Waals surface area contributed by atoms with Gasteiger partial charge in [-0.1, -0.05) is 51.1 Å². The molecule has 3 N–H and O–H groups in total. The predicted molar refractivity (Wildman–Crippen MR) is 113 cm³/mol. The molecule has 0 radical (unpaired) electrons. The first-order chi connectivity index (χ1) is 15.0. The van der Waals surface area contributed by atoms with Gasteiger partial charge in [-0.05, 0) is 12.5 Å². The fourth-order valence-electron chi connectivity index (χ4n) is 2.70. The number of benzene rings is 1. The van der Waals surface area contributed by atoms with Gasteiger partial charge in [0.1, 0.15) is 12.2 Å². The average Bonchev–Trinajstić information content (AvgIpc) is 2.75. The smallest absolute Gasteiger partial charge is 0.343 e. The fraction of sp³-hybridized carbons (Fsp3) is 0.409. The van der Waals surface area contributed by atoms with Gasteiger partial charge in [0, 0.05) is 5.41 Å². The Morgan fingerprint density at radius 2 is 1.78 bits per heavy atom. The summed E-state index contributed by atoms with van der Waals surface area (Å²) >= 11 is 0. The highest BCUT2D eigenvalue weighted by molar-refractivity contribution is 5.95. The number of carboxylic acids is 1. The largest absolute Gasteiger partial charge is 0.477 e. The van der Waals surface area contributed by atoms with E-state index < -0.39 is 35.9 Å². The Morgan fingerprint density at radius 3 is 2.34 bits per heavy atom. The van der Waals surface area contributed by atoms with Crippen LogP contribution in [-0.4, -0.2) is 57.3 Å². The van der Waals surface area contributed by atoms with Gasteiger partial charge in [0.05, 0.1) is 18.8 Å². The van der Waals surface area contributed by atoms with Gasteiger partial charge in [0.2, 0.25) is 11.7 Å². The minimum atomic E-state index is -1.56. The summed E-state index contributed by atoms with van der Waals surface area (Å²) in [7, 11) is 0. The van der Waals surface area contributed by atoms with Crippen molar-refractivity contribution in [2.24, 2.45) is 0 Å². The minimum Gasteiger partial charge on any atom is -0.477 e. The number of carbonyl (C=O) groups excluding carboxylic acids is 2. The number of hydrogen-bond donors (Lipinski definition) is 3. The zero-order valence-electron chi connectivity index (χ0n) is 18.4. The second-order valence-corrected chi connectivity index (χ2v) is 7.88. The van der Waals surface area contributed by atoms with Crippen LogP contribution in [-0.2, 0) is 21.6 Å². The standard InChI is InChI=1S/C22H27N3O7/c1-5-31-21(30)14(26)11-23-18(27)17-24-16(22(2,3)4)15(20(28)29)19(25-17)32-12-13-9-7-6-8-10-13/h6-10,14,26H,5,11-12H2,1-4H3,(H,23,27)(H,28,29). The predicted octanol–water partition coefficient (Wildman–Crippen LogP) is 1.71. The topological polar surface area (TPSA) is 148 Å². The third-order valence-electron chi connectivity index (χ3n) is 4.24. The number of nitrogens with zero attached hydrogens (tertiary/aromatic N) is 2. The van der Waals surface area contributed by atoms with Crippen LogP contribution in [0.5, 0.6) is 5.88 Å². The lowest BCUT2D eigenvalue weighted by Gasteiger charge is -2.22. The molecule has 32 heavy (non-hydrogen) atoms. The number of hydrogen-bond acceptors (Lipinski definition) is 8. The third kappa shape index (κ3) is 6.48. The molecule has 1 unspecified atom stereocenters. The molecule has 0 saturated carbocycles. The van der Waals surface area contributed by atoms with Crippen molar-refractivity contribution in [2.75, 3.05) is 13.2 Å². The molecule has 2 rings (SSSR count). The van der Waals surface area contributed by atoms with Crippen LogP contribution in [0.3, 0.4) is 0 Å². The molecule has 0 bridgehead atoms. The number of ether oxygens (including phenoxy) is 2. The lowest BCUT2D eigenvalue weighted by Crippen LogP contribution is -2.38. The Bertz CT molecular complexity index is 971. The first kappa shape index (κ1) is 24.7. The number of aromatic carboxylic acids is 1. The summed E-state index contributed by atoms with van der Waals surface area (Å²) in [6.45, 7) is 6.52. The van der Waals surface area contributed by atoms with Crippen molar-refractivity contribution in [3.8, 4) is 5.88 Å². The van der Waals surface area contributed by atoms with Crippen LogP contribution in [0, 0.1) is 0 Å². The minimum absolute atomic E-state index is 0.0321. The van der Waals surface area contributed by atoms with Crippen LogP contribution in [0.4, 0.5) is 0 Å². The second kappa shape index (κ2) is 10.7. The van der Waals surface area contributed by atoms with Gasteiger partial charge >= 0.3 is 11.9 Å². The van der Waals surface area contributed by atoms with Crippen molar-refractivity contribution in [1.29, 1.82) is 0 Å². The number of carbonyl (C=O) groups is 3. The monoisotopic (exact) mass is 445 g/mol. The lowest BCUT2D eigenvalue weighted by atomic mass is 9.88. The Morgan fingerprint density at radius 1 is 1.12 bits per heavy atom. The maximum atomic E-state index is 12.6. The maximum absolute atomic E-state index is 12.6. The zero-order chi connectivity index (χ0) is 23.9. The van der Waals surface area contributed by atoms with Crippen molar-refractivity contribution in [1.82, 2.24) is 15.3 Å². The summed E-state index contributed by atoms with van der Waals surface area (Å²) in [4.78, 5) is 44.3. The second-order valence-electron chi connectivity index (χ2n) is 7.88. The molecule has 0 spiro atoms. The molecule has 172 valence electrons. The summed E-state index contributed by atoms with van der Waals surface area (Å²) in [5.41, 5.74) is -0.0971. The maximum Gasteiger partial charge on any atom is 0.343 e. The molecular formula is C22H27N3O7. The zero-order valence-corrected chi connectivity index (χ0v) is 18.4. The Kier molecular flexibility index (Phi) is 8.25. The molecule has 10 nitrogen and oxygen atoms in total. The molecular weight excluding hydrogens is 418 g/mol. The Balaban J connectivity index is 2.37. The highest BCUT2D eigenvalue weighted by Gasteiger charge is 2.31. The molecule has 10 heteroatoms. The summed E-state index contributed by atoms with van der Waals surface area (Å²) in [6, 6.07) is 9.06. The highest BCUT2D eigenvalue weighted by Crippen LogP contribution is 2.30. The summed E-state index contributed by atoms with van der Waals surface area (Å²) < 4.78 is 10.4. The lowest BCUT2D eigenvalue weighted by molar-refractivity contribution is -0.152. The summed E-state index contributed by atoms with van der Waals surface area (Å²) in [5, 5.41) is 21.9. The third-order valence-corrected chi connectivity index (χ3v) is 4.24. The van der Waals surface area contributed by atoms with Crippen molar-refractivity contribution in [3.63, 3.8) is 0 Å². The van der Waals surface area contributed by atoms with Crippen LogP contribution >= 0.6 is 0 Å². The Hall–Kier alpha value is -3.53. The summed E-state index contributed by atoms with van der Waals surface area (Å²) in [5.74, 6) is -3.57. The van der Waals surface area contributed by atoms with Crippen LogP contribution in [0.2, 0.25) is 0 Å². The van der Waals surface area contributed by atoms with E-state index in [4.69, 9.17) is 4.74 Å². The highest BCUT2D eigenvalue weighted by atomic mass is 16.5. The van der Waals surface area contributed by atoms with E-state index in [0.717, 1.165) is 5.56 Å². The summed E-state index contributed by atoms with van der Waals surface area (Å²) in [6.07, 6.45) is -1.56. The van der Waals surface area contributed by atoms with Gasteiger partial charge in [-0.2, -0.15) is 4.98 Å². The number of aliphatic hydroxyl groups is 1. The van der Waals surface area contributed by atoms with E-state index in [-0.39, 0.29) is 36.2 Å². The number of carboxylic acid groups (broad SMARTS) is 1. The first-order valence-electron chi connectivity index (χ1n) is 10.00. The molecule has 1 atom stereocenters. The van der Waals surface area contributed by atoms with Gasteiger partial charge in [0.15, 0.2) is 6.10 Å². The van der Waals surface area contributed by atoms with Gasteiger partial charge in [-0.15, -0.1) is 0 Å². The van der Waals surface area contributed by atoms with E-state index in [1.54, 1.807) is 39.8 Å². The molecule has 1 heterocycles. The van der Waals surface area contributed by atoms with E-state index >= 15 is 0 Å². The number of aliphatic hydroxyl groups excluding tert-OH is 1. The quantitative estimate of drug-likeness (QED) is 0.490. The normalized spacial score (nSPS) is 12.0. The van der Waals surface area contributed by atoms with Gasteiger partial charge in [-0.25, -0.2) is 14.6 Å². The molecule has 0 aliphatic heterocycles. The van der Waals surface area contributed by atoms with E-state index in [1.807, 2.05) is 18.2 Å². The van der Waals surface area contributed by atoms with Crippen LogP contribution in [0.25, 0.3) is 0 Å². The average molecular weight is 445 g/mol. The van der Waals surface area contributed by atoms with E-state index in [9.17, 15) is 24.6 Å². The van der Waals surface area contributed by atoms with Gasteiger partial charge in [-0.3, -0.25) is 4.79 Å². The fourth-order valence-corrected chi connectivity index (χ4v) is 2.70. The SMILES string of the molecule is CCOC(=O)C(O)CNC(=O)c1nc(OCc2ccccc2)c(C(=O)O)c(C(C)(C)C)n1. The van der Waals surface area contributed by atoms with E-state index in [0.29, 0.717) is 0 Å². The number of esters is 1.